The Morgan fingerprint density at radius 1 is 1.22 bits per heavy atom. The van der Waals surface area contributed by atoms with Crippen LogP contribution in [0.1, 0.15) is 39.9 Å². The van der Waals surface area contributed by atoms with Crippen molar-refractivity contribution in [1.82, 2.24) is 5.32 Å². The molecule has 2 aromatic carbocycles. The second-order valence-electron chi connectivity index (χ2n) is 6.88. The molecule has 1 aliphatic heterocycles. The maximum atomic E-state index is 12.7. The number of fused-ring (bicyclic) bond motifs is 3. The third kappa shape index (κ3) is 3.15. The second kappa shape index (κ2) is 7.41. The van der Waals surface area contributed by atoms with Gasteiger partial charge in [-0.3, -0.25) is 4.79 Å². The summed E-state index contributed by atoms with van der Waals surface area (Å²) in [7, 11) is 0. The predicted molar refractivity (Wildman–Crippen MR) is 112 cm³/mol. The van der Waals surface area contributed by atoms with Crippen LogP contribution in [0, 0.1) is 5.92 Å². The van der Waals surface area contributed by atoms with Gasteiger partial charge in [0.15, 0.2) is 0 Å². The third-order valence-electron chi connectivity index (χ3n) is 5.36. The first kappa shape index (κ1) is 18.1. The molecule has 0 spiro atoms. The number of carbonyl (C=O) groups excluding carboxylic acids is 1. The number of carbonyl (C=O) groups is 1. The largest absolute Gasteiger partial charge is 0.377 e. The SMILES string of the molecule is C=CCNC(=O)c1cccc2c1NC(c1c(Cl)cccc1Cl)C1CC=CC21. The number of hydrogen-bond acceptors (Lipinski definition) is 2. The topological polar surface area (TPSA) is 41.1 Å². The molecule has 27 heavy (non-hydrogen) atoms. The molecule has 2 aromatic rings. The molecular formula is C22H20Cl2N2O. The first-order valence-corrected chi connectivity index (χ1v) is 9.76. The average molecular weight is 399 g/mol. The van der Waals surface area contributed by atoms with E-state index >= 15 is 0 Å². The van der Waals surface area contributed by atoms with Gasteiger partial charge in [0.2, 0.25) is 0 Å². The van der Waals surface area contributed by atoms with Crippen molar-refractivity contribution >= 4 is 34.8 Å². The number of halogens is 2. The lowest BCUT2D eigenvalue weighted by Gasteiger charge is -2.39. The molecule has 0 fully saturated rings. The summed E-state index contributed by atoms with van der Waals surface area (Å²) in [6, 6.07) is 11.4. The zero-order chi connectivity index (χ0) is 19.0. The van der Waals surface area contributed by atoms with Crippen LogP contribution < -0.4 is 10.6 Å². The third-order valence-corrected chi connectivity index (χ3v) is 6.02. The first-order valence-electron chi connectivity index (χ1n) is 9.01. The molecule has 0 saturated carbocycles. The number of benzene rings is 2. The highest BCUT2D eigenvalue weighted by molar-refractivity contribution is 6.36. The van der Waals surface area contributed by atoms with E-state index in [4.69, 9.17) is 23.2 Å². The quantitative estimate of drug-likeness (QED) is 0.644. The lowest BCUT2D eigenvalue weighted by molar-refractivity contribution is 0.0958. The summed E-state index contributed by atoms with van der Waals surface area (Å²) in [5.74, 6) is 0.413. The van der Waals surface area contributed by atoms with Crippen molar-refractivity contribution in [3.05, 3.63) is 87.9 Å². The van der Waals surface area contributed by atoms with Crippen molar-refractivity contribution in [1.29, 1.82) is 0 Å². The minimum atomic E-state index is -0.122. The van der Waals surface area contributed by atoms with Crippen molar-refractivity contribution in [2.75, 3.05) is 11.9 Å². The monoisotopic (exact) mass is 398 g/mol. The van der Waals surface area contributed by atoms with Crippen LogP contribution in [-0.2, 0) is 0 Å². The number of hydrogen-bond donors (Lipinski definition) is 2. The summed E-state index contributed by atoms with van der Waals surface area (Å²) in [6.45, 7) is 4.08. The highest BCUT2D eigenvalue weighted by atomic mass is 35.5. The summed E-state index contributed by atoms with van der Waals surface area (Å²) in [6.07, 6.45) is 7.04. The van der Waals surface area contributed by atoms with E-state index in [0.29, 0.717) is 28.1 Å². The Morgan fingerprint density at radius 3 is 2.70 bits per heavy atom. The predicted octanol–water partition coefficient (Wildman–Crippen LogP) is 5.74. The molecule has 0 saturated heterocycles. The van der Waals surface area contributed by atoms with Gasteiger partial charge in [0.05, 0.1) is 17.3 Å². The van der Waals surface area contributed by atoms with Gasteiger partial charge < -0.3 is 10.6 Å². The Bertz CT molecular complexity index is 918. The molecule has 0 radical (unpaired) electrons. The highest BCUT2D eigenvalue weighted by Crippen LogP contribution is 2.52. The van der Waals surface area contributed by atoms with Crippen LogP contribution in [-0.4, -0.2) is 12.5 Å². The van der Waals surface area contributed by atoms with E-state index in [9.17, 15) is 4.79 Å². The number of anilines is 1. The van der Waals surface area contributed by atoms with Gasteiger partial charge in [0, 0.05) is 28.1 Å². The van der Waals surface area contributed by atoms with Gasteiger partial charge in [-0.15, -0.1) is 6.58 Å². The highest BCUT2D eigenvalue weighted by Gasteiger charge is 2.40. The van der Waals surface area contributed by atoms with Gasteiger partial charge in [-0.2, -0.15) is 0 Å². The summed E-state index contributed by atoms with van der Waals surface area (Å²) in [5, 5.41) is 7.75. The van der Waals surface area contributed by atoms with E-state index in [1.54, 1.807) is 6.08 Å². The van der Waals surface area contributed by atoms with Crippen LogP contribution in [0.4, 0.5) is 5.69 Å². The molecule has 3 unspecified atom stereocenters. The standard InChI is InChI=1S/C22H20Cl2N2O/c1-2-12-25-22(27)16-9-4-7-14-13-6-3-8-15(13)21(26-20(14)16)19-17(23)10-5-11-18(19)24/h2-7,9-11,13,15,21,26H,1,8,12H2,(H,25,27). The molecule has 1 amide bonds. The molecule has 1 heterocycles. The summed E-state index contributed by atoms with van der Waals surface area (Å²) >= 11 is 13.0. The number of rotatable bonds is 4. The second-order valence-corrected chi connectivity index (χ2v) is 7.69. The van der Waals surface area contributed by atoms with Gasteiger partial charge in [0.1, 0.15) is 0 Å². The fourth-order valence-corrected chi connectivity index (χ4v) is 4.80. The smallest absolute Gasteiger partial charge is 0.253 e. The number of nitrogens with one attached hydrogen (secondary N) is 2. The van der Waals surface area contributed by atoms with Crippen LogP contribution in [0.15, 0.2) is 61.2 Å². The normalized spacial score (nSPS) is 22.5. The Labute approximate surface area is 169 Å². The summed E-state index contributed by atoms with van der Waals surface area (Å²) in [5.41, 5.74) is 3.51. The molecule has 0 bridgehead atoms. The van der Waals surface area contributed by atoms with E-state index in [1.807, 2.05) is 30.3 Å². The Morgan fingerprint density at radius 2 is 1.96 bits per heavy atom. The van der Waals surface area contributed by atoms with Crippen molar-refractivity contribution in [2.45, 2.75) is 18.4 Å². The molecule has 2 aliphatic rings. The molecule has 4 rings (SSSR count). The van der Waals surface area contributed by atoms with E-state index in [-0.39, 0.29) is 17.9 Å². The van der Waals surface area contributed by atoms with Crippen LogP contribution in [0.3, 0.4) is 0 Å². The van der Waals surface area contributed by atoms with E-state index in [1.165, 1.54) is 0 Å². The van der Waals surface area contributed by atoms with Crippen LogP contribution in [0.5, 0.6) is 0 Å². The molecular weight excluding hydrogens is 379 g/mol. The van der Waals surface area contributed by atoms with Crippen LogP contribution in [0.25, 0.3) is 0 Å². The number of para-hydroxylation sites is 1. The van der Waals surface area contributed by atoms with Crippen molar-refractivity contribution < 1.29 is 4.79 Å². The minimum absolute atomic E-state index is 0.0629. The van der Waals surface area contributed by atoms with Crippen LogP contribution >= 0.6 is 23.2 Å². The molecule has 1 aliphatic carbocycles. The molecule has 3 nitrogen and oxygen atoms in total. The Kier molecular flexibility index (Phi) is 4.98. The Balaban J connectivity index is 1.81. The molecule has 2 N–H and O–H groups in total. The summed E-state index contributed by atoms with van der Waals surface area (Å²) in [4.78, 5) is 12.7. The van der Waals surface area contributed by atoms with E-state index in [2.05, 4.69) is 35.4 Å². The van der Waals surface area contributed by atoms with E-state index in [0.717, 1.165) is 23.2 Å². The number of amides is 1. The lowest BCUT2D eigenvalue weighted by atomic mass is 9.76. The molecule has 138 valence electrons. The molecule has 0 aromatic heterocycles. The van der Waals surface area contributed by atoms with Crippen molar-refractivity contribution in [3.63, 3.8) is 0 Å². The lowest BCUT2D eigenvalue weighted by Crippen LogP contribution is -2.32. The zero-order valence-corrected chi connectivity index (χ0v) is 16.2. The minimum Gasteiger partial charge on any atom is -0.377 e. The Hall–Kier alpha value is -2.23. The van der Waals surface area contributed by atoms with Crippen molar-refractivity contribution in [2.24, 2.45) is 5.92 Å². The van der Waals surface area contributed by atoms with E-state index < -0.39 is 0 Å². The fraction of sp³-hybridized carbons (Fsp3) is 0.227. The van der Waals surface area contributed by atoms with Gasteiger partial charge in [0.25, 0.3) is 5.91 Å². The van der Waals surface area contributed by atoms with Crippen LogP contribution in [0.2, 0.25) is 10.0 Å². The molecule has 5 heteroatoms. The number of allylic oxidation sites excluding steroid dienone is 2. The fourth-order valence-electron chi connectivity index (χ4n) is 4.16. The van der Waals surface area contributed by atoms with Crippen molar-refractivity contribution in [3.8, 4) is 0 Å². The maximum absolute atomic E-state index is 12.7. The average Bonchev–Trinajstić information content (AvgIpc) is 3.16. The maximum Gasteiger partial charge on any atom is 0.253 e. The summed E-state index contributed by atoms with van der Waals surface area (Å²) < 4.78 is 0. The zero-order valence-electron chi connectivity index (χ0n) is 14.7. The first-order chi connectivity index (χ1) is 13.1. The van der Waals surface area contributed by atoms with Gasteiger partial charge >= 0.3 is 0 Å². The molecule has 3 atom stereocenters. The van der Waals surface area contributed by atoms with Gasteiger partial charge in [-0.05, 0) is 36.1 Å². The van der Waals surface area contributed by atoms with Gasteiger partial charge in [-0.25, -0.2) is 0 Å². The van der Waals surface area contributed by atoms with Gasteiger partial charge in [-0.1, -0.05) is 59.6 Å².